The Morgan fingerprint density at radius 3 is 2.70 bits per heavy atom. The normalized spacial score (nSPS) is 12.3. The SMILES string of the molecule is CCOC(=O)[C@@H](C)Oc1ccc(C=Nn2c(-c3cc4ccccc4o3)nc3ccccc3c2=O)cc1Cl. The number of fused-ring (bicyclic) bond motifs is 2. The molecule has 0 N–H and O–H groups in total. The van der Waals surface area contributed by atoms with Crippen LogP contribution in [0.25, 0.3) is 33.5 Å². The molecule has 1 atom stereocenters. The molecule has 2 aromatic heterocycles. The Morgan fingerprint density at radius 1 is 1.14 bits per heavy atom. The van der Waals surface area contributed by atoms with Crippen LogP contribution in [0.3, 0.4) is 0 Å². The van der Waals surface area contributed by atoms with Crippen LogP contribution in [0.5, 0.6) is 5.75 Å². The highest BCUT2D eigenvalue weighted by Gasteiger charge is 2.18. The molecule has 3 aromatic carbocycles. The van der Waals surface area contributed by atoms with Crippen molar-refractivity contribution in [3.05, 3.63) is 93.7 Å². The van der Waals surface area contributed by atoms with Crippen molar-refractivity contribution in [3.63, 3.8) is 0 Å². The molecule has 0 bridgehead atoms. The summed E-state index contributed by atoms with van der Waals surface area (Å²) in [6, 6.07) is 21.4. The molecule has 0 spiro atoms. The number of rotatable bonds is 7. The number of carbonyl (C=O) groups is 1. The minimum Gasteiger partial charge on any atom is -0.477 e. The quantitative estimate of drug-likeness (QED) is 0.204. The van der Waals surface area contributed by atoms with Crippen molar-refractivity contribution >= 4 is 45.7 Å². The molecule has 0 saturated heterocycles. The second kappa shape index (κ2) is 10.3. The number of ether oxygens (including phenoxy) is 2. The van der Waals surface area contributed by atoms with Gasteiger partial charge in [0, 0.05) is 5.39 Å². The van der Waals surface area contributed by atoms with Gasteiger partial charge in [-0.2, -0.15) is 9.78 Å². The van der Waals surface area contributed by atoms with E-state index < -0.39 is 12.1 Å². The predicted octanol–water partition coefficient (Wildman–Crippen LogP) is 5.68. The Balaban J connectivity index is 1.52. The zero-order valence-corrected chi connectivity index (χ0v) is 20.8. The van der Waals surface area contributed by atoms with Gasteiger partial charge in [0.1, 0.15) is 11.3 Å². The van der Waals surface area contributed by atoms with Gasteiger partial charge in [0.05, 0.1) is 28.7 Å². The molecule has 0 aliphatic carbocycles. The van der Waals surface area contributed by atoms with Gasteiger partial charge in [0.15, 0.2) is 11.9 Å². The van der Waals surface area contributed by atoms with Crippen molar-refractivity contribution in [2.24, 2.45) is 5.10 Å². The van der Waals surface area contributed by atoms with Gasteiger partial charge in [0.25, 0.3) is 5.56 Å². The van der Waals surface area contributed by atoms with Gasteiger partial charge in [-0.15, -0.1) is 0 Å². The zero-order valence-electron chi connectivity index (χ0n) is 20.1. The van der Waals surface area contributed by atoms with Crippen LogP contribution in [-0.2, 0) is 9.53 Å². The number of para-hydroxylation sites is 2. The largest absolute Gasteiger partial charge is 0.477 e. The highest BCUT2D eigenvalue weighted by Crippen LogP contribution is 2.28. The molecule has 0 unspecified atom stereocenters. The van der Waals surface area contributed by atoms with Crippen molar-refractivity contribution in [1.82, 2.24) is 9.66 Å². The highest BCUT2D eigenvalue weighted by atomic mass is 35.5. The molecule has 8 nitrogen and oxygen atoms in total. The number of hydrogen-bond donors (Lipinski definition) is 0. The molecule has 2 heterocycles. The fourth-order valence-corrected chi connectivity index (χ4v) is 4.03. The summed E-state index contributed by atoms with van der Waals surface area (Å²) in [5, 5.41) is 6.03. The van der Waals surface area contributed by atoms with E-state index in [0.29, 0.717) is 33.6 Å². The first-order valence-electron chi connectivity index (χ1n) is 11.6. The van der Waals surface area contributed by atoms with Gasteiger partial charge in [-0.25, -0.2) is 9.78 Å². The minimum atomic E-state index is -0.814. The molecule has 9 heteroatoms. The lowest BCUT2D eigenvalue weighted by atomic mass is 10.2. The van der Waals surface area contributed by atoms with E-state index in [1.54, 1.807) is 50.2 Å². The van der Waals surface area contributed by atoms with Gasteiger partial charge in [-0.3, -0.25) is 4.79 Å². The molecule has 0 amide bonds. The third-order valence-corrected chi connectivity index (χ3v) is 5.90. The molecule has 0 saturated carbocycles. The topological polar surface area (TPSA) is 95.9 Å². The van der Waals surface area contributed by atoms with E-state index in [9.17, 15) is 9.59 Å². The molecule has 5 aromatic rings. The van der Waals surface area contributed by atoms with Crippen LogP contribution in [0.4, 0.5) is 0 Å². The Hall–Kier alpha value is -4.43. The molecule has 186 valence electrons. The van der Waals surface area contributed by atoms with E-state index in [2.05, 4.69) is 10.1 Å². The third kappa shape index (κ3) is 4.96. The van der Waals surface area contributed by atoms with E-state index in [1.807, 2.05) is 36.4 Å². The van der Waals surface area contributed by atoms with Crippen molar-refractivity contribution < 1.29 is 18.7 Å². The molecule has 0 radical (unpaired) electrons. The average molecular weight is 516 g/mol. The monoisotopic (exact) mass is 515 g/mol. The first-order chi connectivity index (χ1) is 17.9. The first kappa shape index (κ1) is 24.3. The maximum atomic E-state index is 13.4. The molecular weight excluding hydrogens is 494 g/mol. The van der Waals surface area contributed by atoms with Gasteiger partial charge in [0.2, 0.25) is 5.82 Å². The molecule has 0 aliphatic heterocycles. The Kier molecular flexibility index (Phi) is 6.74. The van der Waals surface area contributed by atoms with Crippen LogP contribution in [0.1, 0.15) is 19.4 Å². The lowest BCUT2D eigenvalue weighted by Crippen LogP contribution is -2.26. The maximum Gasteiger partial charge on any atom is 0.347 e. The third-order valence-electron chi connectivity index (χ3n) is 5.60. The van der Waals surface area contributed by atoms with Crippen LogP contribution in [0, 0.1) is 0 Å². The second-order valence-electron chi connectivity index (χ2n) is 8.16. The number of esters is 1. The van der Waals surface area contributed by atoms with Gasteiger partial charge in [-0.1, -0.05) is 41.9 Å². The number of halogens is 1. The fourth-order valence-electron chi connectivity index (χ4n) is 3.80. The number of furan rings is 1. The Labute approximate surface area is 216 Å². The zero-order chi connectivity index (χ0) is 25.9. The minimum absolute atomic E-state index is 0.259. The van der Waals surface area contributed by atoms with E-state index in [4.69, 9.17) is 25.5 Å². The summed E-state index contributed by atoms with van der Waals surface area (Å²) < 4.78 is 17.8. The second-order valence-corrected chi connectivity index (χ2v) is 8.57. The van der Waals surface area contributed by atoms with Crippen LogP contribution < -0.4 is 10.3 Å². The maximum absolute atomic E-state index is 13.4. The van der Waals surface area contributed by atoms with E-state index in [1.165, 1.54) is 10.9 Å². The Bertz CT molecular complexity index is 1670. The van der Waals surface area contributed by atoms with Crippen LogP contribution >= 0.6 is 11.6 Å². The molecule has 0 aliphatic rings. The van der Waals surface area contributed by atoms with E-state index in [-0.39, 0.29) is 23.0 Å². The average Bonchev–Trinajstić information content (AvgIpc) is 3.34. The lowest BCUT2D eigenvalue weighted by Gasteiger charge is -2.14. The lowest BCUT2D eigenvalue weighted by molar-refractivity contribution is -0.150. The van der Waals surface area contributed by atoms with Gasteiger partial charge in [-0.05, 0) is 61.9 Å². The number of carbonyl (C=O) groups excluding carboxylic acids is 1. The summed E-state index contributed by atoms with van der Waals surface area (Å²) in [7, 11) is 0. The number of hydrogen-bond acceptors (Lipinski definition) is 7. The van der Waals surface area contributed by atoms with Crippen LogP contribution in [0.15, 0.2) is 87.1 Å². The standard InChI is InChI=1S/C28H22ClN3O5/c1-3-35-28(34)17(2)36-24-13-12-18(14-21(24)29)16-30-32-26(25-15-19-8-4-7-11-23(19)37-25)31-22-10-6-5-9-20(22)27(32)33/h4-17H,3H2,1-2H3/t17-/m1/s1. The summed E-state index contributed by atoms with van der Waals surface area (Å²) in [5.41, 5.74) is 1.48. The van der Waals surface area contributed by atoms with Crippen molar-refractivity contribution in [2.75, 3.05) is 6.61 Å². The van der Waals surface area contributed by atoms with Crippen molar-refractivity contribution in [3.8, 4) is 17.3 Å². The van der Waals surface area contributed by atoms with Crippen molar-refractivity contribution in [1.29, 1.82) is 0 Å². The summed E-state index contributed by atoms with van der Waals surface area (Å²) in [6.45, 7) is 3.57. The molecule has 5 rings (SSSR count). The molecular formula is C28H22ClN3O5. The molecule has 0 fully saturated rings. The van der Waals surface area contributed by atoms with Crippen molar-refractivity contribution in [2.45, 2.75) is 20.0 Å². The summed E-state index contributed by atoms with van der Waals surface area (Å²) in [6.07, 6.45) is 0.680. The van der Waals surface area contributed by atoms with Gasteiger partial charge >= 0.3 is 5.97 Å². The summed E-state index contributed by atoms with van der Waals surface area (Å²) in [4.78, 5) is 29.9. The summed E-state index contributed by atoms with van der Waals surface area (Å²) in [5.74, 6) is 0.527. The Morgan fingerprint density at radius 2 is 1.92 bits per heavy atom. The molecule has 37 heavy (non-hydrogen) atoms. The van der Waals surface area contributed by atoms with E-state index >= 15 is 0 Å². The number of nitrogens with zero attached hydrogens (tertiary/aromatic N) is 3. The van der Waals surface area contributed by atoms with Crippen LogP contribution in [0.2, 0.25) is 5.02 Å². The summed E-state index contributed by atoms with van der Waals surface area (Å²) >= 11 is 6.38. The fraction of sp³-hybridized carbons (Fsp3) is 0.143. The predicted molar refractivity (Wildman–Crippen MR) is 142 cm³/mol. The number of aromatic nitrogens is 2. The highest BCUT2D eigenvalue weighted by molar-refractivity contribution is 6.32. The van der Waals surface area contributed by atoms with Gasteiger partial charge < -0.3 is 13.9 Å². The smallest absolute Gasteiger partial charge is 0.347 e. The van der Waals surface area contributed by atoms with E-state index in [0.717, 1.165) is 5.39 Å². The van der Waals surface area contributed by atoms with Crippen LogP contribution in [-0.4, -0.2) is 34.6 Å². The number of benzene rings is 3. The first-order valence-corrected chi connectivity index (χ1v) is 12.0.